The first-order valence-corrected chi connectivity index (χ1v) is 33.9. The molecule has 1 saturated carbocycles. The number of benzene rings is 5. The summed E-state index contributed by atoms with van der Waals surface area (Å²) in [7, 11) is 0. The normalized spacial score (nSPS) is 23.9. The van der Waals surface area contributed by atoms with Crippen LogP contribution in [-0.2, 0) is 16.6 Å². The molecule has 5 aromatic carbocycles. The van der Waals surface area contributed by atoms with E-state index in [1.807, 2.05) is 12.2 Å². The van der Waals surface area contributed by atoms with Gasteiger partial charge in [-0.3, -0.25) is 0 Å². The van der Waals surface area contributed by atoms with E-state index in [1.54, 1.807) is 5.57 Å². The minimum absolute atomic E-state index is 0.0416. The summed E-state index contributed by atoms with van der Waals surface area (Å²) in [5.41, 5.74) is 24.4. The van der Waals surface area contributed by atoms with E-state index in [0.717, 1.165) is 75.7 Å². The highest BCUT2D eigenvalue weighted by Crippen LogP contribution is 2.66. The SMILES string of the molecule is C=CC1=CC=C(OCCCCCCC2(C3C=CCCC3)C3=CC(N(c4ccc(C5=CC=CCC5)cc4)c4ccc(C5=Cc6c(n(-c7ccc(C=C)cc7)c7c6=CC(c6ccc8c(c6)C(C)(C)c6ccccc6-8)CC=7)CC5)cc4)=CCC3C3C=CC=CC32)CC1. The first-order chi connectivity index (χ1) is 43.8. The van der Waals surface area contributed by atoms with Gasteiger partial charge in [-0.15, -0.1) is 0 Å². The van der Waals surface area contributed by atoms with Crippen LogP contribution in [0.1, 0.15) is 161 Å². The average molecular weight is 1160 g/mol. The highest BCUT2D eigenvalue weighted by molar-refractivity contribution is 5.87. The molecule has 3 heteroatoms. The van der Waals surface area contributed by atoms with Crippen LogP contribution in [-0.4, -0.2) is 11.2 Å². The van der Waals surface area contributed by atoms with E-state index in [1.165, 1.54) is 145 Å². The third kappa shape index (κ3) is 10.4. The zero-order chi connectivity index (χ0) is 60.1. The summed E-state index contributed by atoms with van der Waals surface area (Å²) in [6.45, 7) is 13.6. The van der Waals surface area contributed by atoms with E-state index in [4.69, 9.17) is 4.74 Å². The largest absolute Gasteiger partial charge is 0.498 e. The smallest absolute Gasteiger partial charge is 0.0963 e. The molecule has 1 heterocycles. The van der Waals surface area contributed by atoms with Gasteiger partial charge in [0.1, 0.15) is 0 Å². The number of rotatable bonds is 18. The maximum absolute atomic E-state index is 6.31. The third-order valence-corrected chi connectivity index (χ3v) is 22.1. The van der Waals surface area contributed by atoms with Gasteiger partial charge < -0.3 is 14.2 Å². The molecule has 9 aliphatic carbocycles. The molecule has 0 amide bonds. The topological polar surface area (TPSA) is 17.4 Å². The van der Waals surface area contributed by atoms with Crippen molar-refractivity contribution in [1.29, 1.82) is 0 Å². The lowest BCUT2D eigenvalue weighted by Gasteiger charge is -2.45. The molecule has 0 spiro atoms. The number of hydrogen-bond acceptors (Lipinski definition) is 2. The van der Waals surface area contributed by atoms with Crippen LogP contribution in [0.2, 0.25) is 0 Å². The maximum Gasteiger partial charge on any atom is 0.0963 e. The van der Waals surface area contributed by atoms with Gasteiger partial charge in [0.05, 0.1) is 12.4 Å². The van der Waals surface area contributed by atoms with Crippen LogP contribution < -0.4 is 15.5 Å². The lowest BCUT2D eigenvalue weighted by atomic mass is 9.59. The molecule has 0 saturated heterocycles. The molecular formula is C86H86N2O. The second kappa shape index (κ2) is 24.2. The Kier molecular flexibility index (Phi) is 15.5. The summed E-state index contributed by atoms with van der Waals surface area (Å²) in [6.07, 6.45) is 61.0. The summed E-state index contributed by atoms with van der Waals surface area (Å²) in [5, 5.41) is 2.68. The summed E-state index contributed by atoms with van der Waals surface area (Å²) in [4.78, 5) is 2.60. The monoisotopic (exact) mass is 1160 g/mol. The van der Waals surface area contributed by atoms with Gasteiger partial charge in [0.2, 0.25) is 0 Å². The molecule has 3 nitrogen and oxygen atoms in total. The van der Waals surface area contributed by atoms with Crippen molar-refractivity contribution in [3.63, 3.8) is 0 Å². The summed E-state index contributed by atoms with van der Waals surface area (Å²) in [5.74, 6) is 3.40. The van der Waals surface area contributed by atoms with Gasteiger partial charge in [-0.2, -0.15) is 0 Å². The molecule has 1 fully saturated rings. The molecule has 0 bridgehead atoms. The Balaban J connectivity index is 0.773. The van der Waals surface area contributed by atoms with E-state index in [0.29, 0.717) is 23.7 Å². The summed E-state index contributed by atoms with van der Waals surface area (Å²) < 4.78 is 8.88. The Bertz CT molecular complexity index is 4220. The van der Waals surface area contributed by atoms with E-state index < -0.39 is 0 Å². The van der Waals surface area contributed by atoms with Crippen LogP contribution in [0, 0.1) is 29.1 Å². The van der Waals surface area contributed by atoms with Gasteiger partial charge in [0.15, 0.2) is 0 Å². The van der Waals surface area contributed by atoms with Crippen LogP contribution in [0.5, 0.6) is 0 Å². The Morgan fingerprint density at radius 1 is 0.663 bits per heavy atom. The second-order valence-corrected chi connectivity index (χ2v) is 27.3. The van der Waals surface area contributed by atoms with Crippen molar-refractivity contribution in [2.45, 2.75) is 128 Å². The van der Waals surface area contributed by atoms with Crippen molar-refractivity contribution in [3.8, 4) is 16.8 Å². The predicted molar refractivity (Wildman–Crippen MR) is 376 cm³/mol. The molecule has 6 atom stereocenters. The predicted octanol–water partition coefficient (Wildman–Crippen LogP) is 20.8. The van der Waals surface area contributed by atoms with E-state index in [9.17, 15) is 0 Å². The minimum atomic E-state index is -0.0416. The molecule has 0 N–H and O–H groups in total. The zero-order valence-electron chi connectivity index (χ0n) is 52.5. The van der Waals surface area contributed by atoms with E-state index in [2.05, 4.69) is 249 Å². The average Bonchev–Trinajstić information content (AvgIpc) is 1.64. The maximum atomic E-state index is 6.31. The van der Waals surface area contributed by atoms with Crippen LogP contribution >= 0.6 is 0 Å². The lowest BCUT2D eigenvalue weighted by Crippen LogP contribution is -2.37. The Labute approximate surface area is 529 Å². The number of aromatic nitrogens is 1. The number of fused-ring (bicyclic) bond motifs is 9. The third-order valence-electron chi connectivity index (χ3n) is 22.1. The first-order valence-electron chi connectivity index (χ1n) is 33.9. The van der Waals surface area contributed by atoms with Gasteiger partial charge >= 0.3 is 0 Å². The van der Waals surface area contributed by atoms with Crippen molar-refractivity contribution in [3.05, 3.63) is 291 Å². The van der Waals surface area contributed by atoms with Crippen LogP contribution in [0.25, 0.3) is 52.3 Å². The van der Waals surface area contributed by atoms with Crippen LogP contribution in [0.15, 0.2) is 236 Å². The molecular weight excluding hydrogens is 1080 g/mol. The zero-order valence-corrected chi connectivity index (χ0v) is 52.5. The fourth-order valence-corrected chi connectivity index (χ4v) is 17.5. The molecule has 9 aliphatic rings. The number of anilines is 2. The quantitative estimate of drug-likeness (QED) is 0.0630. The Morgan fingerprint density at radius 2 is 1.46 bits per heavy atom. The molecule has 6 unspecified atom stereocenters. The minimum Gasteiger partial charge on any atom is -0.498 e. The van der Waals surface area contributed by atoms with Gasteiger partial charge in [-0.25, -0.2) is 0 Å². The molecule has 89 heavy (non-hydrogen) atoms. The molecule has 15 rings (SSSR count). The number of ether oxygens (including phenoxy) is 1. The van der Waals surface area contributed by atoms with Gasteiger partial charge in [-0.05, 0) is 217 Å². The standard InChI is InChI=1S/C86H86N2O/c1-5-59-29-40-70(41-30-59)88-83-51-38-64(55-77(83)78-56-65(39-52-84(78)88)66-37-49-75-73-25-15-17-27-79(73)85(3,4)81(75)57-66)63-35-44-69(45-36-63)87(68-42-33-62(34-43-68)61-21-11-9-12-22-61)71-46-50-76-74-26-16-18-28-80(74)86(82(76)58-71,67-23-13-10-14-24-67)53-19-7-8-20-54-89-72-47-31-60(6-2)32-48-72/h5-6,9,11,13,15-18,21,23,25-31,33-37,40-47,49,52,55-58,65,67,74,76,80H,1-2,7-8,10,12,14,19-20,22,24,32,38-39,48,50-51,53-54H2,3-4H3. The van der Waals surface area contributed by atoms with Gasteiger partial charge in [0.25, 0.3) is 0 Å². The Morgan fingerprint density at radius 3 is 2.22 bits per heavy atom. The fraction of sp³-hybridized carbons (Fsp3) is 0.302. The number of hydrogen-bond donors (Lipinski definition) is 0. The van der Waals surface area contributed by atoms with E-state index in [-0.39, 0.29) is 16.7 Å². The Hall–Kier alpha value is -8.40. The molecule has 0 radical (unpaired) electrons. The summed E-state index contributed by atoms with van der Waals surface area (Å²) >= 11 is 0. The first kappa shape index (κ1) is 57.1. The molecule has 0 aliphatic heterocycles. The fourth-order valence-electron chi connectivity index (χ4n) is 17.5. The number of nitrogens with zero attached hydrogens (tertiary/aromatic N) is 2. The van der Waals surface area contributed by atoms with Crippen molar-refractivity contribution in [2.24, 2.45) is 29.1 Å². The summed E-state index contributed by atoms with van der Waals surface area (Å²) in [6, 6.07) is 44.6. The van der Waals surface area contributed by atoms with Crippen molar-refractivity contribution >= 4 is 46.8 Å². The molecule has 1 aromatic heterocycles. The van der Waals surface area contributed by atoms with Crippen LogP contribution in [0.3, 0.4) is 0 Å². The highest BCUT2D eigenvalue weighted by atomic mass is 16.5. The highest BCUT2D eigenvalue weighted by Gasteiger charge is 2.58. The number of unbranched alkanes of at least 4 members (excludes halogenated alkanes) is 3. The van der Waals surface area contributed by atoms with Gasteiger partial charge in [0, 0.05) is 67.8 Å². The van der Waals surface area contributed by atoms with Crippen molar-refractivity contribution in [1.82, 2.24) is 4.57 Å². The molecule has 6 aromatic rings. The van der Waals surface area contributed by atoms with Crippen LogP contribution in [0.4, 0.5) is 11.4 Å². The second-order valence-electron chi connectivity index (χ2n) is 27.3. The van der Waals surface area contributed by atoms with Gasteiger partial charge in [-0.1, -0.05) is 222 Å². The number of allylic oxidation sites excluding steroid dienone is 19. The van der Waals surface area contributed by atoms with E-state index >= 15 is 0 Å². The molecule has 446 valence electrons. The van der Waals surface area contributed by atoms with Crippen molar-refractivity contribution < 1.29 is 4.74 Å². The lowest BCUT2D eigenvalue weighted by molar-refractivity contribution is 0.154. The van der Waals surface area contributed by atoms with Crippen molar-refractivity contribution in [2.75, 3.05) is 11.5 Å².